The monoisotopic (exact) mass is 172 g/mol. The summed E-state index contributed by atoms with van der Waals surface area (Å²) in [4.78, 5) is 10.1. The lowest BCUT2D eigenvalue weighted by molar-refractivity contribution is -0.109. The van der Waals surface area contributed by atoms with Crippen molar-refractivity contribution in [2.45, 2.75) is 20.3 Å². The fourth-order valence-electron chi connectivity index (χ4n) is 0.498. The summed E-state index contributed by atoms with van der Waals surface area (Å²) in [7, 11) is 0. The molecule has 0 N–H and O–H groups in total. The van der Waals surface area contributed by atoms with Crippen LogP contribution in [0.15, 0.2) is 23.3 Å². The standard InChI is InChI=1S/C9H13ClO/c1-3-9(10)6-4-5-8(2)7-11/h4-8H,3H2,1-2H3/b5-4-,9-6+/t8-/m0/s1. The van der Waals surface area contributed by atoms with Crippen LogP contribution in [0.5, 0.6) is 0 Å². The molecule has 0 aliphatic carbocycles. The van der Waals surface area contributed by atoms with Gasteiger partial charge in [0.25, 0.3) is 0 Å². The zero-order chi connectivity index (χ0) is 8.69. The molecule has 0 bridgehead atoms. The van der Waals surface area contributed by atoms with Crippen molar-refractivity contribution in [3.8, 4) is 0 Å². The Kier molecular flexibility index (Phi) is 5.86. The van der Waals surface area contributed by atoms with Crippen LogP contribution in [0.4, 0.5) is 0 Å². The van der Waals surface area contributed by atoms with Crippen molar-refractivity contribution in [1.29, 1.82) is 0 Å². The highest BCUT2D eigenvalue weighted by Gasteiger charge is 1.88. The van der Waals surface area contributed by atoms with Crippen molar-refractivity contribution in [1.82, 2.24) is 0 Å². The third kappa shape index (κ3) is 5.86. The Hall–Kier alpha value is -0.560. The summed E-state index contributed by atoms with van der Waals surface area (Å²) < 4.78 is 0. The van der Waals surface area contributed by atoms with E-state index in [1.165, 1.54) is 0 Å². The van der Waals surface area contributed by atoms with Crippen LogP contribution in [0.2, 0.25) is 0 Å². The maximum Gasteiger partial charge on any atom is 0.126 e. The van der Waals surface area contributed by atoms with Crippen LogP contribution in [-0.4, -0.2) is 6.29 Å². The van der Waals surface area contributed by atoms with Gasteiger partial charge in [-0.15, -0.1) is 0 Å². The maximum atomic E-state index is 10.1. The van der Waals surface area contributed by atoms with Crippen LogP contribution < -0.4 is 0 Å². The molecule has 0 heterocycles. The van der Waals surface area contributed by atoms with Crippen LogP contribution in [0.1, 0.15) is 20.3 Å². The molecule has 2 heteroatoms. The Balaban J connectivity index is 3.84. The van der Waals surface area contributed by atoms with Crippen molar-refractivity contribution in [3.05, 3.63) is 23.3 Å². The smallest absolute Gasteiger partial charge is 0.126 e. The zero-order valence-electron chi connectivity index (χ0n) is 6.88. The van der Waals surface area contributed by atoms with Crippen molar-refractivity contribution < 1.29 is 4.79 Å². The molecular formula is C9H13ClO. The van der Waals surface area contributed by atoms with E-state index in [1.54, 1.807) is 0 Å². The molecule has 0 aromatic heterocycles. The Morgan fingerprint density at radius 2 is 2.27 bits per heavy atom. The summed E-state index contributed by atoms with van der Waals surface area (Å²) in [5, 5.41) is 0.805. The number of allylic oxidation sites excluding steroid dienone is 4. The minimum absolute atomic E-state index is 0.0208. The summed E-state index contributed by atoms with van der Waals surface area (Å²) in [6, 6.07) is 0. The molecule has 0 aromatic carbocycles. The van der Waals surface area contributed by atoms with E-state index in [0.29, 0.717) is 0 Å². The average molecular weight is 173 g/mol. The molecule has 11 heavy (non-hydrogen) atoms. The molecule has 0 fully saturated rings. The maximum absolute atomic E-state index is 10.1. The summed E-state index contributed by atoms with van der Waals surface area (Å²) in [5.41, 5.74) is 0. The fourth-order valence-corrected chi connectivity index (χ4v) is 0.571. The third-order valence-electron chi connectivity index (χ3n) is 1.24. The van der Waals surface area contributed by atoms with Gasteiger partial charge in [0.2, 0.25) is 0 Å². The van der Waals surface area contributed by atoms with Crippen molar-refractivity contribution in [3.63, 3.8) is 0 Å². The second kappa shape index (κ2) is 6.17. The molecule has 0 saturated carbocycles. The summed E-state index contributed by atoms with van der Waals surface area (Å²) >= 11 is 5.71. The third-order valence-corrected chi connectivity index (χ3v) is 1.64. The Morgan fingerprint density at radius 3 is 2.73 bits per heavy atom. The molecule has 0 aliphatic heterocycles. The summed E-state index contributed by atoms with van der Waals surface area (Å²) in [6.07, 6.45) is 7.16. The second-order valence-electron chi connectivity index (χ2n) is 2.35. The molecule has 0 rings (SSSR count). The van der Waals surface area contributed by atoms with Gasteiger partial charge in [-0.2, -0.15) is 0 Å². The SMILES string of the molecule is CC/C(Cl)=C\C=C/[C@H](C)C=O. The van der Waals surface area contributed by atoms with E-state index in [-0.39, 0.29) is 5.92 Å². The molecule has 62 valence electrons. The molecular weight excluding hydrogens is 160 g/mol. The first-order valence-electron chi connectivity index (χ1n) is 3.68. The van der Waals surface area contributed by atoms with Crippen LogP contribution in [0, 0.1) is 5.92 Å². The Bertz CT molecular complexity index is 170. The summed E-state index contributed by atoms with van der Waals surface area (Å²) in [6.45, 7) is 3.81. The van der Waals surface area contributed by atoms with Gasteiger partial charge in [-0.25, -0.2) is 0 Å². The molecule has 0 amide bonds. The lowest BCUT2D eigenvalue weighted by atomic mass is 10.2. The van der Waals surface area contributed by atoms with Crippen molar-refractivity contribution in [2.24, 2.45) is 5.92 Å². The minimum Gasteiger partial charge on any atom is -0.303 e. The van der Waals surface area contributed by atoms with E-state index < -0.39 is 0 Å². The summed E-state index contributed by atoms with van der Waals surface area (Å²) in [5.74, 6) is -0.0208. The number of hydrogen-bond acceptors (Lipinski definition) is 1. The van der Waals surface area contributed by atoms with Crippen LogP contribution in [0.3, 0.4) is 0 Å². The van der Waals surface area contributed by atoms with Gasteiger partial charge in [0.05, 0.1) is 0 Å². The van der Waals surface area contributed by atoms with Gasteiger partial charge in [0.1, 0.15) is 6.29 Å². The number of aldehydes is 1. The van der Waals surface area contributed by atoms with E-state index in [1.807, 2.05) is 32.1 Å². The number of hydrogen-bond donors (Lipinski definition) is 0. The second-order valence-corrected chi connectivity index (χ2v) is 2.83. The predicted octanol–water partition coefficient (Wildman–Crippen LogP) is 2.91. The first-order valence-corrected chi connectivity index (χ1v) is 4.06. The predicted molar refractivity (Wildman–Crippen MR) is 48.6 cm³/mol. The van der Waals surface area contributed by atoms with Gasteiger partial charge < -0.3 is 4.79 Å². The molecule has 0 spiro atoms. The van der Waals surface area contributed by atoms with Crippen molar-refractivity contribution >= 4 is 17.9 Å². The van der Waals surface area contributed by atoms with Crippen LogP contribution >= 0.6 is 11.6 Å². The van der Waals surface area contributed by atoms with Gasteiger partial charge in [0, 0.05) is 11.0 Å². The first kappa shape index (κ1) is 10.4. The molecule has 1 atom stereocenters. The zero-order valence-corrected chi connectivity index (χ0v) is 7.64. The lowest BCUT2D eigenvalue weighted by Gasteiger charge is -1.90. The van der Waals surface area contributed by atoms with Gasteiger partial charge in [-0.1, -0.05) is 37.6 Å². The lowest BCUT2D eigenvalue weighted by Crippen LogP contribution is -1.87. The van der Waals surface area contributed by atoms with E-state index in [4.69, 9.17) is 11.6 Å². The molecule has 0 unspecified atom stereocenters. The van der Waals surface area contributed by atoms with E-state index in [0.717, 1.165) is 17.7 Å². The number of rotatable bonds is 4. The minimum atomic E-state index is -0.0208. The molecule has 0 aliphatic rings. The first-order chi connectivity index (χ1) is 5.20. The Morgan fingerprint density at radius 1 is 1.64 bits per heavy atom. The van der Waals surface area contributed by atoms with Crippen LogP contribution in [-0.2, 0) is 4.79 Å². The quantitative estimate of drug-likeness (QED) is 0.471. The van der Waals surface area contributed by atoms with Gasteiger partial charge in [-0.3, -0.25) is 0 Å². The highest BCUT2D eigenvalue weighted by atomic mass is 35.5. The van der Waals surface area contributed by atoms with E-state index in [2.05, 4.69) is 0 Å². The average Bonchev–Trinajstić information content (AvgIpc) is 2.04. The molecule has 0 radical (unpaired) electrons. The molecule has 0 saturated heterocycles. The normalized spacial score (nSPS) is 15.4. The molecule has 0 aromatic rings. The van der Waals surface area contributed by atoms with E-state index in [9.17, 15) is 4.79 Å². The number of carbonyl (C=O) groups excluding carboxylic acids is 1. The largest absolute Gasteiger partial charge is 0.303 e. The topological polar surface area (TPSA) is 17.1 Å². The van der Waals surface area contributed by atoms with Gasteiger partial charge >= 0.3 is 0 Å². The molecule has 1 nitrogen and oxygen atoms in total. The Labute approximate surface area is 72.7 Å². The van der Waals surface area contributed by atoms with Crippen molar-refractivity contribution in [2.75, 3.05) is 0 Å². The van der Waals surface area contributed by atoms with Gasteiger partial charge in [-0.05, 0) is 12.5 Å². The highest BCUT2D eigenvalue weighted by molar-refractivity contribution is 6.29. The van der Waals surface area contributed by atoms with Crippen LogP contribution in [0.25, 0.3) is 0 Å². The van der Waals surface area contributed by atoms with E-state index >= 15 is 0 Å². The number of halogens is 1. The van der Waals surface area contributed by atoms with Gasteiger partial charge in [0.15, 0.2) is 0 Å². The number of carbonyl (C=O) groups is 1. The fraction of sp³-hybridized carbons (Fsp3) is 0.444. The highest BCUT2D eigenvalue weighted by Crippen LogP contribution is 2.05.